The highest BCUT2D eigenvalue weighted by molar-refractivity contribution is 7.21. The van der Waals surface area contributed by atoms with Gasteiger partial charge in [-0.2, -0.15) is 0 Å². The molecule has 5 nitrogen and oxygen atoms in total. The lowest BCUT2D eigenvalue weighted by molar-refractivity contribution is -0.152. The molecular weight excluding hydrogens is 461 g/mol. The van der Waals surface area contributed by atoms with E-state index >= 15 is 4.39 Å². The number of carbonyl (C=O) groups excluding carboxylic acids is 1. The summed E-state index contributed by atoms with van der Waals surface area (Å²) in [5.41, 5.74) is 4.53. The maximum Gasteiger partial charge on any atom is 0.311 e. The lowest BCUT2D eigenvalue weighted by Gasteiger charge is -2.41. The maximum atomic E-state index is 15.2. The molecule has 2 fully saturated rings. The van der Waals surface area contributed by atoms with Gasteiger partial charge < -0.3 is 4.74 Å². The van der Waals surface area contributed by atoms with Gasteiger partial charge in [0, 0.05) is 30.1 Å². The van der Waals surface area contributed by atoms with Crippen molar-refractivity contribution in [2.45, 2.75) is 31.2 Å². The zero-order valence-electron chi connectivity index (χ0n) is 19.7. The number of pyridine rings is 1. The highest BCUT2D eigenvalue weighted by atomic mass is 32.1. The van der Waals surface area contributed by atoms with Gasteiger partial charge in [0.1, 0.15) is 21.2 Å². The summed E-state index contributed by atoms with van der Waals surface area (Å²) in [5, 5.41) is 0.639. The Hall–Kier alpha value is -3.16. The van der Waals surface area contributed by atoms with Crippen LogP contribution in [0.25, 0.3) is 20.9 Å². The molecule has 4 aromatic rings. The molecule has 2 aromatic carbocycles. The van der Waals surface area contributed by atoms with Crippen LogP contribution in [0.5, 0.6) is 0 Å². The molecule has 1 aliphatic heterocycles. The summed E-state index contributed by atoms with van der Waals surface area (Å²) in [4.78, 5) is 24.3. The van der Waals surface area contributed by atoms with Gasteiger partial charge in [0.25, 0.3) is 0 Å². The molecule has 0 spiro atoms. The van der Waals surface area contributed by atoms with Crippen LogP contribution >= 0.6 is 11.3 Å². The standard InChI is InChI=1S/C28H26FN3O2S/c1-17(32-15-19(16-32)27(33)34-2)18-8-9-21(22(29)14-18)25-30-23-10-11-24(31-26(23)35-25)28(12-13-28)20-6-4-3-5-7-20/h3-11,14,17,19H,12-13,15-16H2,1-2H3/t17-/m1/s1. The highest BCUT2D eigenvalue weighted by Gasteiger charge is 2.47. The van der Waals surface area contributed by atoms with Crippen molar-refractivity contribution in [1.82, 2.24) is 14.9 Å². The Balaban J connectivity index is 1.24. The SMILES string of the molecule is COC(=O)C1CN([C@H](C)c2ccc(-c3nc4ccc(C5(c6ccccc6)CC5)nc4s3)c(F)c2)C1. The van der Waals surface area contributed by atoms with Crippen molar-refractivity contribution in [3.05, 3.63) is 83.3 Å². The molecule has 3 heterocycles. The molecule has 1 aliphatic carbocycles. The number of rotatable bonds is 6. The lowest BCUT2D eigenvalue weighted by atomic mass is 9.92. The van der Waals surface area contributed by atoms with Gasteiger partial charge in [-0.1, -0.05) is 47.7 Å². The van der Waals surface area contributed by atoms with Gasteiger partial charge in [-0.3, -0.25) is 9.69 Å². The summed E-state index contributed by atoms with van der Waals surface area (Å²) in [7, 11) is 1.41. The van der Waals surface area contributed by atoms with E-state index in [1.807, 2.05) is 31.2 Å². The van der Waals surface area contributed by atoms with Gasteiger partial charge in [-0.25, -0.2) is 14.4 Å². The van der Waals surface area contributed by atoms with Crippen LogP contribution in [0, 0.1) is 11.7 Å². The van der Waals surface area contributed by atoms with Crippen LogP contribution in [0.15, 0.2) is 60.7 Å². The van der Waals surface area contributed by atoms with Crippen LogP contribution in [0.1, 0.15) is 42.6 Å². The van der Waals surface area contributed by atoms with Crippen LogP contribution in [-0.2, 0) is 14.9 Å². The minimum Gasteiger partial charge on any atom is -0.469 e. The summed E-state index contributed by atoms with van der Waals surface area (Å²) in [6.07, 6.45) is 2.18. The first-order valence-corrected chi connectivity index (χ1v) is 12.8. The number of ether oxygens (including phenoxy) is 1. The van der Waals surface area contributed by atoms with E-state index in [1.54, 1.807) is 6.07 Å². The molecule has 0 bridgehead atoms. The number of nitrogens with zero attached hydrogens (tertiary/aromatic N) is 3. The van der Waals surface area contributed by atoms with Crippen molar-refractivity contribution in [1.29, 1.82) is 0 Å². The Morgan fingerprint density at radius 1 is 1.11 bits per heavy atom. The summed E-state index contributed by atoms with van der Waals surface area (Å²) >= 11 is 1.44. The van der Waals surface area contributed by atoms with Crippen LogP contribution in [0.2, 0.25) is 0 Å². The Bertz CT molecular complexity index is 1410. The number of benzene rings is 2. The molecule has 2 aromatic heterocycles. The molecule has 1 atom stereocenters. The number of methoxy groups -OCH3 is 1. The molecule has 2 aliphatic rings. The Morgan fingerprint density at radius 2 is 1.89 bits per heavy atom. The lowest BCUT2D eigenvalue weighted by Crippen LogP contribution is -2.51. The van der Waals surface area contributed by atoms with E-state index in [-0.39, 0.29) is 29.2 Å². The first kappa shape index (κ1) is 22.3. The van der Waals surface area contributed by atoms with Crippen LogP contribution < -0.4 is 0 Å². The molecule has 178 valence electrons. The average molecular weight is 488 g/mol. The first-order valence-electron chi connectivity index (χ1n) is 11.9. The molecule has 7 heteroatoms. The fraction of sp³-hybridized carbons (Fsp3) is 0.321. The van der Waals surface area contributed by atoms with E-state index in [4.69, 9.17) is 14.7 Å². The number of likely N-dealkylation sites (tertiary alicyclic amines) is 1. The number of halogens is 1. The number of fused-ring (bicyclic) bond motifs is 1. The molecule has 1 saturated heterocycles. The van der Waals surface area contributed by atoms with Crippen molar-refractivity contribution in [2.24, 2.45) is 5.92 Å². The number of hydrogen-bond acceptors (Lipinski definition) is 6. The quantitative estimate of drug-likeness (QED) is 0.325. The zero-order chi connectivity index (χ0) is 24.2. The topological polar surface area (TPSA) is 55.3 Å². The van der Waals surface area contributed by atoms with Crippen molar-refractivity contribution < 1.29 is 13.9 Å². The summed E-state index contributed by atoms with van der Waals surface area (Å²) in [5.74, 6) is -0.566. The Morgan fingerprint density at radius 3 is 2.57 bits per heavy atom. The molecule has 35 heavy (non-hydrogen) atoms. The van der Waals surface area contributed by atoms with E-state index in [1.165, 1.54) is 24.0 Å². The number of esters is 1. The first-order chi connectivity index (χ1) is 17.0. The zero-order valence-corrected chi connectivity index (χ0v) is 20.5. The van der Waals surface area contributed by atoms with Gasteiger partial charge in [0.05, 0.1) is 18.7 Å². The third kappa shape index (κ3) is 3.83. The minimum atomic E-state index is -0.290. The predicted octanol–water partition coefficient (Wildman–Crippen LogP) is 5.74. The van der Waals surface area contributed by atoms with Crippen LogP contribution in [-0.4, -0.2) is 41.0 Å². The van der Waals surface area contributed by atoms with Gasteiger partial charge in [-0.05, 0) is 55.2 Å². The normalized spacial score (nSPS) is 18.3. The van der Waals surface area contributed by atoms with Crippen molar-refractivity contribution in [3.8, 4) is 10.6 Å². The summed E-state index contributed by atoms with van der Waals surface area (Å²) in [6, 6.07) is 20.0. The van der Waals surface area contributed by atoms with Crippen LogP contribution in [0.3, 0.4) is 0 Å². The second-order valence-electron chi connectivity index (χ2n) is 9.58. The highest BCUT2D eigenvalue weighted by Crippen LogP contribution is 2.53. The molecule has 6 rings (SSSR count). The van der Waals surface area contributed by atoms with Gasteiger partial charge in [0.2, 0.25) is 0 Å². The fourth-order valence-corrected chi connectivity index (χ4v) is 6.06. The smallest absolute Gasteiger partial charge is 0.311 e. The van der Waals surface area contributed by atoms with Gasteiger partial charge >= 0.3 is 5.97 Å². The number of aromatic nitrogens is 2. The number of hydrogen-bond donors (Lipinski definition) is 0. The molecule has 0 amide bonds. The third-order valence-electron chi connectivity index (χ3n) is 7.52. The monoisotopic (exact) mass is 487 g/mol. The molecule has 0 N–H and O–H groups in total. The average Bonchev–Trinajstić information content (AvgIpc) is 3.56. The summed E-state index contributed by atoms with van der Waals surface area (Å²) < 4.78 is 20.0. The Kier molecular flexibility index (Phi) is 5.42. The molecule has 0 radical (unpaired) electrons. The summed E-state index contributed by atoms with van der Waals surface area (Å²) in [6.45, 7) is 3.30. The fourth-order valence-electron chi connectivity index (χ4n) is 5.09. The van der Waals surface area contributed by atoms with Crippen LogP contribution in [0.4, 0.5) is 4.39 Å². The van der Waals surface area contributed by atoms with E-state index in [0.29, 0.717) is 23.7 Å². The van der Waals surface area contributed by atoms with Crippen molar-refractivity contribution in [2.75, 3.05) is 20.2 Å². The second kappa shape index (κ2) is 8.50. The maximum absolute atomic E-state index is 15.2. The molecule has 0 unspecified atom stereocenters. The van der Waals surface area contributed by atoms with E-state index in [9.17, 15) is 4.79 Å². The predicted molar refractivity (Wildman–Crippen MR) is 135 cm³/mol. The second-order valence-corrected chi connectivity index (χ2v) is 10.6. The van der Waals surface area contributed by atoms with Gasteiger partial charge in [0.15, 0.2) is 0 Å². The molecular formula is C28H26FN3O2S. The minimum absolute atomic E-state index is 0.00757. The van der Waals surface area contributed by atoms with Crippen molar-refractivity contribution >= 4 is 27.7 Å². The largest absolute Gasteiger partial charge is 0.469 e. The molecule has 1 saturated carbocycles. The number of thiazole rings is 1. The van der Waals surface area contributed by atoms with E-state index < -0.39 is 0 Å². The third-order valence-corrected chi connectivity index (χ3v) is 8.52. The van der Waals surface area contributed by atoms with E-state index in [2.05, 4.69) is 35.2 Å². The van der Waals surface area contributed by atoms with Gasteiger partial charge in [-0.15, -0.1) is 0 Å². The Labute approximate surface area is 207 Å². The number of carbonyl (C=O) groups is 1. The van der Waals surface area contributed by atoms with E-state index in [0.717, 1.165) is 34.4 Å². The van der Waals surface area contributed by atoms with Crippen molar-refractivity contribution in [3.63, 3.8) is 0 Å².